The number of hydrogen-bond donors (Lipinski definition) is 2. The molecule has 0 spiro atoms. The van der Waals surface area contributed by atoms with Gasteiger partial charge in [-0.3, -0.25) is 9.59 Å². The highest BCUT2D eigenvalue weighted by Crippen LogP contribution is 2.08. The number of anilines is 1. The molecule has 2 aromatic rings. The van der Waals surface area contributed by atoms with E-state index in [4.69, 9.17) is 0 Å². The predicted octanol–water partition coefficient (Wildman–Crippen LogP) is 2.39. The summed E-state index contributed by atoms with van der Waals surface area (Å²) >= 11 is 0. The van der Waals surface area contributed by atoms with Gasteiger partial charge in [0, 0.05) is 5.69 Å². The average molecular weight is 295 g/mol. The molecular weight excluding hydrogens is 278 g/mol. The van der Waals surface area contributed by atoms with Gasteiger partial charge in [0.05, 0.1) is 6.21 Å². The van der Waals surface area contributed by atoms with Crippen molar-refractivity contribution in [1.29, 1.82) is 0 Å². The molecule has 0 bridgehead atoms. The monoisotopic (exact) mass is 295 g/mol. The van der Waals surface area contributed by atoms with Gasteiger partial charge in [-0.15, -0.1) is 0 Å². The number of nitrogens with one attached hydrogen (secondary N) is 2. The molecule has 22 heavy (non-hydrogen) atoms. The molecule has 2 rings (SSSR count). The molecule has 2 N–H and O–H groups in total. The number of nitrogens with zero attached hydrogens (tertiary/aromatic N) is 1. The molecule has 5 nitrogen and oxygen atoms in total. The Morgan fingerprint density at radius 2 is 1.41 bits per heavy atom. The summed E-state index contributed by atoms with van der Waals surface area (Å²) in [4.78, 5) is 23.3. The summed E-state index contributed by atoms with van der Waals surface area (Å²) in [7, 11) is 0. The van der Waals surface area contributed by atoms with E-state index in [2.05, 4.69) is 15.8 Å². The van der Waals surface area contributed by atoms with E-state index < -0.39 is 11.8 Å². The molecule has 0 aliphatic carbocycles. The summed E-state index contributed by atoms with van der Waals surface area (Å²) in [5, 5.41) is 6.26. The zero-order valence-electron chi connectivity index (χ0n) is 12.5. The molecule has 2 aromatic carbocycles. The first-order chi connectivity index (χ1) is 10.5. The standard InChI is InChI=1S/C17H17N3O2/c1-12-3-7-14(8-4-12)11-18-20-17(22)16(21)19-15-9-5-13(2)6-10-15/h3-11H,1-2H3,(H,19,21)(H,20,22). The van der Waals surface area contributed by atoms with E-state index in [0.717, 1.165) is 16.7 Å². The van der Waals surface area contributed by atoms with Gasteiger partial charge >= 0.3 is 11.8 Å². The maximum atomic E-state index is 11.7. The number of rotatable bonds is 3. The van der Waals surface area contributed by atoms with Crippen LogP contribution in [0.1, 0.15) is 16.7 Å². The van der Waals surface area contributed by atoms with Gasteiger partial charge in [-0.1, -0.05) is 47.5 Å². The molecule has 5 heteroatoms. The van der Waals surface area contributed by atoms with Gasteiger partial charge in [0.25, 0.3) is 0 Å². The lowest BCUT2D eigenvalue weighted by molar-refractivity contribution is -0.136. The van der Waals surface area contributed by atoms with Crippen LogP contribution < -0.4 is 10.7 Å². The zero-order chi connectivity index (χ0) is 15.9. The summed E-state index contributed by atoms with van der Waals surface area (Å²) in [6.45, 7) is 3.93. The Kier molecular flexibility index (Phi) is 5.03. The highest BCUT2D eigenvalue weighted by Gasteiger charge is 2.12. The third-order valence-corrected chi connectivity index (χ3v) is 2.97. The third-order valence-electron chi connectivity index (χ3n) is 2.97. The normalized spacial score (nSPS) is 10.5. The Labute approximate surface area is 129 Å². The van der Waals surface area contributed by atoms with E-state index in [1.807, 2.05) is 50.2 Å². The summed E-state index contributed by atoms with van der Waals surface area (Å²) in [5.74, 6) is -1.58. The quantitative estimate of drug-likeness (QED) is 0.518. The SMILES string of the molecule is Cc1ccc(C=NNC(=O)C(=O)Nc2ccc(C)cc2)cc1. The van der Waals surface area contributed by atoms with Crippen molar-refractivity contribution in [2.45, 2.75) is 13.8 Å². The topological polar surface area (TPSA) is 70.6 Å². The van der Waals surface area contributed by atoms with Gasteiger partial charge in [-0.05, 0) is 31.5 Å². The van der Waals surface area contributed by atoms with Crippen molar-refractivity contribution < 1.29 is 9.59 Å². The number of hydrogen-bond acceptors (Lipinski definition) is 3. The van der Waals surface area contributed by atoms with Crippen molar-refractivity contribution in [2.24, 2.45) is 5.10 Å². The van der Waals surface area contributed by atoms with Crippen LogP contribution in [0.25, 0.3) is 0 Å². The van der Waals surface area contributed by atoms with Gasteiger partial charge < -0.3 is 5.32 Å². The van der Waals surface area contributed by atoms with Crippen LogP contribution in [-0.2, 0) is 9.59 Å². The first-order valence-electron chi connectivity index (χ1n) is 6.82. The first-order valence-corrected chi connectivity index (χ1v) is 6.82. The molecule has 0 aromatic heterocycles. The Morgan fingerprint density at radius 1 is 0.864 bits per heavy atom. The molecule has 0 aliphatic rings. The molecule has 0 heterocycles. The van der Waals surface area contributed by atoms with Crippen LogP contribution in [-0.4, -0.2) is 18.0 Å². The summed E-state index contributed by atoms with van der Waals surface area (Å²) in [6, 6.07) is 14.8. The molecule has 112 valence electrons. The summed E-state index contributed by atoms with van der Waals surface area (Å²) < 4.78 is 0. The Hall–Kier alpha value is -2.95. The van der Waals surface area contributed by atoms with Crippen LogP contribution in [0.4, 0.5) is 5.69 Å². The van der Waals surface area contributed by atoms with E-state index in [1.165, 1.54) is 6.21 Å². The van der Waals surface area contributed by atoms with Crippen LogP contribution >= 0.6 is 0 Å². The van der Waals surface area contributed by atoms with Crippen molar-refractivity contribution in [3.05, 3.63) is 65.2 Å². The molecule has 0 saturated heterocycles. The van der Waals surface area contributed by atoms with E-state index in [9.17, 15) is 9.59 Å². The van der Waals surface area contributed by atoms with E-state index >= 15 is 0 Å². The summed E-state index contributed by atoms with van der Waals surface area (Å²) in [6.07, 6.45) is 1.48. The molecule has 0 unspecified atom stereocenters. The molecule has 0 radical (unpaired) electrons. The molecule has 0 atom stereocenters. The fourth-order valence-corrected chi connectivity index (χ4v) is 1.69. The highest BCUT2D eigenvalue weighted by molar-refractivity contribution is 6.39. The maximum absolute atomic E-state index is 11.7. The molecule has 0 aliphatic heterocycles. The van der Waals surface area contributed by atoms with Crippen LogP contribution in [0.15, 0.2) is 53.6 Å². The minimum Gasteiger partial charge on any atom is -0.318 e. The number of amides is 2. The number of aryl methyl sites for hydroxylation is 2. The van der Waals surface area contributed by atoms with Crippen LogP contribution in [0, 0.1) is 13.8 Å². The molecule has 0 fully saturated rings. The van der Waals surface area contributed by atoms with Gasteiger partial charge in [-0.2, -0.15) is 5.10 Å². The van der Waals surface area contributed by atoms with Gasteiger partial charge in [0.15, 0.2) is 0 Å². The number of hydrazone groups is 1. The summed E-state index contributed by atoms with van der Waals surface area (Å²) in [5.41, 5.74) is 5.81. The highest BCUT2D eigenvalue weighted by atomic mass is 16.2. The molecular formula is C17H17N3O2. The van der Waals surface area contributed by atoms with E-state index in [0.29, 0.717) is 5.69 Å². The molecule has 0 saturated carbocycles. The number of carbonyl (C=O) groups is 2. The Bertz CT molecular complexity index is 689. The third kappa shape index (κ3) is 4.56. The largest absolute Gasteiger partial charge is 0.329 e. The smallest absolute Gasteiger partial charge is 0.318 e. The average Bonchev–Trinajstić information content (AvgIpc) is 2.51. The Morgan fingerprint density at radius 3 is 2.00 bits per heavy atom. The minimum absolute atomic E-state index is 0.563. The van der Waals surface area contributed by atoms with Gasteiger partial charge in [-0.25, -0.2) is 5.43 Å². The van der Waals surface area contributed by atoms with Gasteiger partial charge in [0.2, 0.25) is 0 Å². The molecule has 2 amide bonds. The van der Waals surface area contributed by atoms with Crippen LogP contribution in [0.3, 0.4) is 0 Å². The fraction of sp³-hybridized carbons (Fsp3) is 0.118. The fourth-order valence-electron chi connectivity index (χ4n) is 1.69. The van der Waals surface area contributed by atoms with E-state index in [-0.39, 0.29) is 0 Å². The minimum atomic E-state index is -0.816. The zero-order valence-corrected chi connectivity index (χ0v) is 12.5. The second-order valence-electron chi connectivity index (χ2n) is 4.93. The lowest BCUT2D eigenvalue weighted by Crippen LogP contribution is -2.32. The predicted molar refractivity (Wildman–Crippen MR) is 86.7 cm³/mol. The van der Waals surface area contributed by atoms with Crippen molar-refractivity contribution in [2.75, 3.05) is 5.32 Å². The van der Waals surface area contributed by atoms with Crippen molar-refractivity contribution in [3.8, 4) is 0 Å². The second kappa shape index (κ2) is 7.17. The lowest BCUT2D eigenvalue weighted by atomic mass is 10.2. The van der Waals surface area contributed by atoms with E-state index in [1.54, 1.807) is 12.1 Å². The Balaban J connectivity index is 1.87. The van der Waals surface area contributed by atoms with Crippen LogP contribution in [0.5, 0.6) is 0 Å². The van der Waals surface area contributed by atoms with Crippen molar-refractivity contribution in [1.82, 2.24) is 5.43 Å². The second-order valence-corrected chi connectivity index (χ2v) is 4.93. The van der Waals surface area contributed by atoms with Crippen LogP contribution in [0.2, 0.25) is 0 Å². The maximum Gasteiger partial charge on any atom is 0.329 e. The number of carbonyl (C=O) groups excluding carboxylic acids is 2. The van der Waals surface area contributed by atoms with Crippen molar-refractivity contribution in [3.63, 3.8) is 0 Å². The lowest BCUT2D eigenvalue weighted by Gasteiger charge is -2.04. The van der Waals surface area contributed by atoms with Gasteiger partial charge in [0.1, 0.15) is 0 Å². The number of benzene rings is 2. The van der Waals surface area contributed by atoms with Crippen molar-refractivity contribution >= 4 is 23.7 Å². The first kappa shape index (κ1) is 15.4.